The summed E-state index contributed by atoms with van der Waals surface area (Å²) in [6.45, 7) is 0. The molecule has 0 N–H and O–H groups in total. The molecule has 0 bridgehead atoms. The molecule has 0 aromatic carbocycles. The predicted octanol–water partition coefficient (Wildman–Crippen LogP) is -3.28. The number of hydrogen-bond acceptors (Lipinski definition) is 0. The molecule has 0 nitrogen and oxygen atoms in total. The van der Waals surface area contributed by atoms with Crippen LogP contribution in [-0.2, 0) is 0 Å². The molecule has 0 spiro atoms. The van der Waals surface area contributed by atoms with Crippen LogP contribution in [0.2, 0.25) is 0 Å². The molecule has 0 saturated carbocycles. The molecule has 0 aromatic rings. The maximum atomic E-state index is 3.09. The summed E-state index contributed by atoms with van der Waals surface area (Å²) < 4.78 is 6.09. The Morgan fingerprint density at radius 2 is 1.43 bits per heavy atom. The van der Waals surface area contributed by atoms with Crippen molar-refractivity contribution in [2.24, 2.45) is 0 Å². The quantitative estimate of drug-likeness (QED) is 0.324. The molecule has 0 atom stereocenters. The van der Waals surface area contributed by atoms with Gasteiger partial charge in [-0.3, -0.25) is 0 Å². The van der Waals surface area contributed by atoms with Crippen molar-refractivity contribution < 1.29 is 0 Å². The zero-order chi connectivity index (χ0) is 5.54. The van der Waals surface area contributed by atoms with Crippen molar-refractivity contribution in [2.45, 2.75) is 0 Å². The fourth-order valence-corrected chi connectivity index (χ4v) is 3.69. The van der Waals surface area contributed by atoms with Crippen LogP contribution in [0.3, 0.4) is 0 Å². The van der Waals surface area contributed by atoms with E-state index in [9.17, 15) is 0 Å². The van der Waals surface area contributed by atoms with E-state index < -0.39 is 0 Å². The molecule has 0 aliphatic carbocycles. The molecule has 0 rings (SSSR count). The standard InChI is InChI=1S/C4H2Si.2Sn.6H/c1-3-5-4-2;;;;;;;;/h5H2;;;;;;;;. The molecule has 0 heterocycles. The molecule has 0 aliphatic heterocycles. The van der Waals surface area contributed by atoms with Gasteiger partial charge in [0.2, 0.25) is 0 Å². The van der Waals surface area contributed by atoms with Crippen LogP contribution in [0.1, 0.15) is 0 Å². The second-order valence-electron chi connectivity index (χ2n) is 1.03. The first-order chi connectivity index (χ1) is 3.41. The average molecular weight is 322 g/mol. The summed E-state index contributed by atoms with van der Waals surface area (Å²) in [5.74, 6) is 0. The second kappa shape index (κ2) is 6.93. The van der Waals surface area contributed by atoms with Crippen LogP contribution in [-0.4, -0.2) is 54.6 Å². The van der Waals surface area contributed by atoms with Crippen LogP contribution in [0.25, 0.3) is 0 Å². The van der Waals surface area contributed by atoms with Crippen molar-refractivity contribution in [3.05, 3.63) is 0 Å². The van der Waals surface area contributed by atoms with E-state index in [1.165, 1.54) is 0 Å². The molecular weight excluding hydrogens is 314 g/mol. The van der Waals surface area contributed by atoms with E-state index in [0.29, 0.717) is 45.0 Å². The SMILES string of the molecule is [SnH3][C]#C[SiH2]C#[C][SnH3]. The van der Waals surface area contributed by atoms with Gasteiger partial charge in [0.25, 0.3) is 0 Å². The first-order valence-electron chi connectivity index (χ1n) is 2.21. The fraction of sp³-hybridized carbons (Fsp3) is 0. The van der Waals surface area contributed by atoms with Gasteiger partial charge in [0.1, 0.15) is 0 Å². The van der Waals surface area contributed by atoms with Crippen LogP contribution >= 0.6 is 0 Å². The summed E-state index contributed by atoms with van der Waals surface area (Å²) in [7, 11) is -0.206. The van der Waals surface area contributed by atoms with Gasteiger partial charge < -0.3 is 0 Å². The van der Waals surface area contributed by atoms with Gasteiger partial charge in [0, 0.05) is 0 Å². The van der Waals surface area contributed by atoms with Crippen molar-refractivity contribution in [2.75, 3.05) is 0 Å². The third-order valence-corrected chi connectivity index (χ3v) is 7.65. The molecule has 0 aliphatic rings. The molecule has 0 aromatic heterocycles. The molecule has 0 amide bonds. The van der Waals surface area contributed by atoms with Crippen molar-refractivity contribution in [1.29, 1.82) is 0 Å². The van der Waals surface area contributed by atoms with Gasteiger partial charge in [-0.15, -0.1) is 0 Å². The van der Waals surface area contributed by atoms with E-state index >= 15 is 0 Å². The number of rotatable bonds is 0. The van der Waals surface area contributed by atoms with E-state index in [-0.39, 0.29) is 9.52 Å². The summed E-state index contributed by atoms with van der Waals surface area (Å²) in [4.78, 5) is 0. The number of hydrogen-bond donors (Lipinski definition) is 0. The topological polar surface area (TPSA) is 0 Å². The predicted molar refractivity (Wildman–Crippen MR) is 44.0 cm³/mol. The first kappa shape index (κ1) is 7.93. The van der Waals surface area contributed by atoms with Gasteiger partial charge in [-0.25, -0.2) is 0 Å². The van der Waals surface area contributed by atoms with E-state index in [4.69, 9.17) is 0 Å². The minimum absolute atomic E-state index is 0.206. The fourth-order valence-electron chi connectivity index (χ4n) is 0.221. The third-order valence-electron chi connectivity index (χ3n) is 0.530. The molecule has 7 heavy (non-hydrogen) atoms. The van der Waals surface area contributed by atoms with Crippen LogP contribution in [0, 0.1) is 19.0 Å². The molecule has 36 valence electrons. The van der Waals surface area contributed by atoms with Crippen molar-refractivity contribution in [1.82, 2.24) is 0 Å². The van der Waals surface area contributed by atoms with Gasteiger partial charge >= 0.3 is 73.5 Å². The Kier molecular flexibility index (Phi) is 7.86. The van der Waals surface area contributed by atoms with Gasteiger partial charge in [0.05, 0.1) is 0 Å². The average Bonchev–Trinajstić information content (AvgIpc) is 1.69. The minimum atomic E-state index is -0.206. The van der Waals surface area contributed by atoms with E-state index in [1.54, 1.807) is 0 Å². The normalized spacial score (nSPS) is 7.43. The Morgan fingerprint density at radius 3 is 1.71 bits per heavy atom. The van der Waals surface area contributed by atoms with Crippen LogP contribution in [0.4, 0.5) is 0 Å². The Labute approximate surface area is 72.8 Å². The zero-order valence-corrected chi connectivity index (χ0v) is 17.5. The van der Waals surface area contributed by atoms with Gasteiger partial charge in [-0.05, 0) is 0 Å². The van der Waals surface area contributed by atoms with Crippen molar-refractivity contribution in [3.8, 4) is 19.0 Å². The Balaban J connectivity index is 3.21. The second-order valence-corrected chi connectivity index (χ2v) is 4.95. The Hall–Kier alpha value is 0.934. The summed E-state index contributed by atoms with van der Waals surface area (Å²) >= 11 is 1.20. The zero-order valence-electron chi connectivity index (χ0n) is 4.71. The summed E-state index contributed by atoms with van der Waals surface area (Å²) in [6.07, 6.45) is 0. The van der Waals surface area contributed by atoms with Crippen molar-refractivity contribution >= 4 is 54.6 Å². The molecule has 0 radical (unpaired) electrons. The Bertz CT molecular complexity index is 125. The van der Waals surface area contributed by atoms with Gasteiger partial charge in [0.15, 0.2) is 0 Å². The summed E-state index contributed by atoms with van der Waals surface area (Å²) in [5.41, 5.74) is 6.18. The molecule has 0 saturated heterocycles. The molecule has 0 unspecified atom stereocenters. The Morgan fingerprint density at radius 1 is 1.00 bits per heavy atom. The van der Waals surface area contributed by atoms with Crippen LogP contribution in [0.15, 0.2) is 0 Å². The monoisotopic (exact) mass is 324 g/mol. The van der Waals surface area contributed by atoms with E-state index in [2.05, 4.69) is 19.0 Å². The summed E-state index contributed by atoms with van der Waals surface area (Å²) in [6, 6.07) is 0. The molecule has 3 heteroatoms. The van der Waals surface area contributed by atoms with Gasteiger partial charge in [-0.1, -0.05) is 0 Å². The summed E-state index contributed by atoms with van der Waals surface area (Å²) in [5, 5.41) is 0. The molecular formula is C4H8SiSn2. The van der Waals surface area contributed by atoms with E-state index in [1.807, 2.05) is 0 Å². The maximum absolute atomic E-state index is 3.09. The van der Waals surface area contributed by atoms with E-state index in [0.717, 1.165) is 0 Å². The van der Waals surface area contributed by atoms with Gasteiger partial charge in [-0.2, -0.15) is 0 Å². The third kappa shape index (κ3) is 6.93. The molecule has 0 fully saturated rings. The van der Waals surface area contributed by atoms with Crippen molar-refractivity contribution in [3.63, 3.8) is 0 Å². The first-order valence-corrected chi connectivity index (χ1v) is 9.33. The van der Waals surface area contributed by atoms with Crippen LogP contribution < -0.4 is 0 Å². The van der Waals surface area contributed by atoms with Crippen LogP contribution in [0.5, 0.6) is 0 Å².